The Balaban J connectivity index is 1.74. The van der Waals surface area contributed by atoms with E-state index in [0.717, 1.165) is 36.6 Å². The molecular formula is C16H15F2NO. The van der Waals surface area contributed by atoms with Crippen molar-refractivity contribution < 1.29 is 13.5 Å². The van der Waals surface area contributed by atoms with Gasteiger partial charge in [-0.1, -0.05) is 6.07 Å². The van der Waals surface area contributed by atoms with E-state index in [-0.39, 0.29) is 18.2 Å². The van der Waals surface area contributed by atoms with Crippen LogP contribution in [0.25, 0.3) is 0 Å². The lowest BCUT2D eigenvalue weighted by Crippen LogP contribution is -2.05. The molecule has 1 aliphatic carbocycles. The first-order valence-electron chi connectivity index (χ1n) is 6.58. The second-order valence-corrected chi connectivity index (χ2v) is 5.03. The molecule has 0 fully saturated rings. The summed E-state index contributed by atoms with van der Waals surface area (Å²) in [6, 6.07) is 9.15. The third kappa shape index (κ3) is 2.51. The Morgan fingerprint density at radius 3 is 2.85 bits per heavy atom. The Morgan fingerprint density at radius 1 is 1.15 bits per heavy atom. The molecule has 0 aromatic heterocycles. The maximum Gasteiger partial charge on any atom is 0.130 e. The standard InChI is InChI=1S/C16H15F2NO/c17-12-2-5-15(18)11(7-12)9-20-13-3-4-14-10(8-13)1-6-16(14)19/h2-5,7-8,16H,1,6,9,19H2. The van der Waals surface area contributed by atoms with Gasteiger partial charge in [-0.3, -0.25) is 0 Å². The smallest absolute Gasteiger partial charge is 0.130 e. The first-order chi connectivity index (χ1) is 9.63. The quantitative estimate of drug-likeness (QED) is 0.930. The van der Waals surface area contributed by atoms with Gasteiger partial charge in [0.05, 0.1) is 0 Å². The lowest BCUT2D eigenvalue weighted by Gasteiger charge is -2.10. The SMILES string of the molecule is NC1CCc2cc(OCc3cc(F)ccc3F)ccc21. The molecule has 0 saturated carbocycles. The van der Waals surface area contributed by atoms with Gasteiger partial charge < -0.3 is 10.5 Å². The minimum atomic E-state index is -0.468. The van der Waals surface area contributed by atoms with E-state index in [1.807, 2.05) is 18.2 Å². The molecule has 2 aromatic rings. The van der Waals surface area contributed by atoms with Gasteiger partial charge in [-0.05, 0) is 54.3 Å². The number of rotatable bonds is 3. The summed E-state index contributed by atoms with van der Waals surface area (Å²) in [7, 11) is 0. The van der Waals surface area contributed by atoms with Crippen LogP contribution < -0.4 is 10.5 Å². The van der Waals surface area contributed by atoms with Gasteiger partial charge in [0.1, 0.15) is 24.0 Å². The van der Waals surface area contributed by atoms with Crippen LogP contribution in [0, 0.1) is 11.6 Å². The van der Waals surface area contributed by atoms with Crippen LogP contribution in [0.2, 0.25) is 0 Å². The van der Waals surface area contributed by atoms with Crippen molar-refractivity contribution in [2.24, 2.45) is 5.73 Å². The monoisotopic (exact) mass is 275 g/mol. The predicted molar refractivity (Wildman–Crippen MR) is 72.4 cm³/mol. The van der Waals surface area contributed by atoms with Crippen LogP contribution in [-0.2, 0) is 13.0 Å². The molecule has 20 heavy (non-hydrogen) atoms. The Hall–Kier alpha value is -1.94. The Kier molecular flexibility index (Phi) is 3.40. The lowest BCUT2D eigenvalue weighted by atomic mass is 10.1. The minimum absolute atomic E-state index is 0.00837. The average Bonchev–Trinajstić information content (AvgIpc) is 2.81. The van der Waals surface area contributed by atoms with E-state index in [1.165, 1.54) is 5.56 Å². The van der Waals surface area contributed by atoms with Crippen LogP contribution in [-0.4, -0.2) is 0 Å². The van der Waals surface area contributed by atoms with E-state index >= 15 is 0 Å². The van der Waals surface area contributed by atoms with E-state index < -0.39 is 11.6 Å². The summed E-state index contributed by atoms with van der Waals surface area (Å²) >= 11 is 0. The topological polar surface area (TPSA) is 35.2 Å². The molecule has 3 rings (SSSR count). The van der Waals surface area contributed by atoms with Crippen molar-refractivity contribution >= 4 is 0 Å². The number of aryl methyl sites for hydroxylation is 1. The van der Waals surface area contributed by atoms with Gasteiger partial charge in [-0.25, -0.2) is 8.78 Å². The van der Waals surface area contributed by atoms with Gasteiger partial charge in [0.15, 0.2) is 0 Å². The molecule has 104 valence electrons. The average molecular weight is 275 g/mol. The summed E-state index contributed by atoms with van der Waals surface area (Å²) in [5.41, 5.74) is 8.50. The normalized spacial score (nSPS) is 17.1. The number of halogens is 2. The fourth-order valence-electron chi connectivity index (χ4n) is 2.53. The summed E-state index contributed by atoms with van der Waals surface area (Å²) in [5, 5.41) is 0. The molecule has 0 radical (unpaired) electrons. The number of nitrogens with two attached hydrogens (primary N) is 1. The Labute approximate surface area is 116 Å². The van der Waals surface area contributed by atoms with Crippen LogP contribution >= 0.6 is 0 Å². The molecule has 1 atom stereocenters. The molecule has 0 bridgehead atoms. The highest BCUT2D eigenvalue weighted by Crippen LogP contribution is 2.32. The third-order valence-electron chi connectivity index (χ3n) is 3.64. The zero-order valence-corrected chi connectivity index (χ0v) is 10.9. The first kappa shape index (κ1) is 13.1. The van der Waals surface area contributed by atoms with Gasteiger partial charge in [0.2, 0.25) is 0 Å². The number of fused-ring (bicyclic) bond motifs is 1. The summed E-state index contributed by atoms with van der Waals surface area (Å²) in [4.78, 5) is 0. The molecule has 1 aliphatic rings. The minimum Gasteiger partial charge on any atom is -0.489 e. The number of ether oxygens (including phenoxy) is 1. The fraction of sp³-hybridized carbons (Fsp3) is 0.250. The molecule has 0 heterocycles. The lowest BCUT2D eigenvalue weighted by molar-refractivity contribution is 0.298. The second kappa shape index (κ2) is 5.21. The van der Waals surface area contributed by atoms with E-state index in [1.54, 1.807) is 0 Å². The summed E-state index contributed by atoms with van der Waals surface area (Å²) in [6.45, 7) is 0.00837. The molecule has 0 spiro atoms. The molecular weight excluding hydrogens is 260 g/mol. The van der Waals surface area contributed by atoms with Gasteiger partial charge in [-0.15, -0.1) is 0 Å². The maximum absolute atomic E-state index is 13.5. The van der Waals surface area contributed by atoms with E-state index in [4.69, 9.17) is 10.5 Å². The Morgan fingerprint density at radius 2 is 2.00 bits per heavy atom. The zero-order chi connectivity index (χ0) is 14.1. The highest BCUT2D eigenvalue weighted by molar-refractivity contribution is 5.40. The van der Waals surface area contributed by atoms with Gasteiger partial charge in [-0.2, -0.15) is 0 Å². The van der Waals surface area contributed by atoms with Gasteiger partial charge in [0, 0.05) is 11.6 Å². The number of benzene rings is 2. The van der Waals surface area contributed by atoms with Crippen molar-refractivity contribution in [3.63, 3.8) is 0 Å². The van der Waals surface area contributed by atoms with Crippen molar-refractivity contribution in [3.05, 3.63) is 64.7 Å². The molecule has 2 nitrogen and oxygen atoms in total. The van der Waals surface area contributed by atoms with Crippen molar-refractivity contribution in [1.29, 1.82) is 0 Å². The fourth-order valence-corrected chi connectivity index (χ4v) is 2.53. The van der Waals surface area contributed by atoms with Crippen molar-refractivity contribution in [2.45, 2.75) is 25.5 Å². The highest BCUT2D eigenvalue weighted by atomic mass is 19.1. The molecule has 0 saturated heterocycles. The molecule has 2 N–H and O–H groups in total. The molecule has 0 amide bonds. The maximum atomic E-state index is 13.5. The van der Waals surface area contributed by atoms with E-state index in [2.05, 4.69) is 0 Å². The Bertz CT molecular complexity index is 642. The van der Waals surface area contributed by atoms with Crippen molar-refractivity contribution in [3.8, 4) is 5.75 Å². The summed E-state index contributed by atoms with van der Waals surface area (Å²) < 4.78 is 32.1. The summed E-state index contributed by atoms with van der Waals surface area (Å²) in [5.74, 6) is -0.277. The van der Waals surface area contributed by atoms with Crippen LogP contribution in [0.4, 0.5) is 8.78 Å². The first-order valence-corrected chi connectivity index (χ1v) is 6.58. The number of hydrogen-bond acceptors (Lipinski definition) is 2. The molecule has 4 heteroatoms. The molecule has 0 aliphatic heterocycles. The number of hydrogen-bond donors (Lipinski definition) is 1. The van der Waals surface area contributed by atoms with Crippen LogP contribution in [0.5, 0.6) is 5.75 Å². The molecule has 2 aromatic carbocycles. The predicted octanol–water partition coefficient (Wildman–Crippen LogP) is 3.49. The van der Waals surface area contributed by atoms with E-state index in [0.29, 0.717) is 5.75 Å². The van der Waals surface area contributed by atoms with Crippen LogP contribution in [0.3, 0.4) is 0 Å². The molecule has 1 unspecified atom stereocenters. The van der Waals surface area contributed by atoms with E-state index in [9.17, 15) is 8.78 Å². The largest absolute Gasteiger partial charge is 0.489 e. The van der Waals surface area contributed by atoms with Gasteiger partial charge in [0.25, 0.3) is 0 Å². The zero-order valence-electron chi connectivity index (χ0n) is 10.9. The highest BCUT2D eigenvalue weighted by Gasteiger charge is 2.19. The van der Waals surface area contributed by atoms with Crippen LogP contribution in [0.15, 0.2) is 36.4 Å². The van der Waals surface area contributed by atoms with Crippen molar-refractivity contribution in [1.82, 2.24) is 0 Å². The van der Waals surface area contributed by atoms with Gasteiger partial charge >= 0.3 is 0 Å². The van der Waals surface area contributed by atoms with Crippen molar-refractivity contribution in [2.75, 3.05) is 0 Å². The third-order valence-corrected chi connectivity index (χ3v) is 3.64. The van der Waals surface area contributed by atoms with Crippen LogP contribution in [0.1, 0.15) is 29.2 Å². The second-order valence-electron chi connectivity index (χ2n) is 5.03. The summed E-state index contributed by atoms with van der Waals surface area (Å²) in [6.07, 6.45) is 1.87.